The Bertz CT molecular complexity index is 1070. The van der Waals surface area contributed by atoms with E-state index in [0.717, 1.165) is 11.3 Å². The predicted molar refractivity (Wildman–Crippen MR) is 143 cm³/mol. The summed E-state index contributed by atoms with van der Waals surface area (Å²) in [6.45, 7) is 10.7. The van der Waals surface area contributed by atoms with Gasteiger partial charge in [0.05, 0.1) is 25.7 Å². The molecule has 3 aromatic rings. The first kappa shape index (κ1) is 25.5. The summed E-state index contributed by atoms with van der Waals surface area (Å²) < 4.78 is 12.1. The van der Waals surface area contributed by atoms with Crippen LogP contribution in [0.1, 0.15) is 26.3 Å². The van der Waals surface area contributed by atoms with E-state index >= 15 is 0 Å². The van der Waals surface area contributed by atoms with Gasteiger partial charge in [-0.15, -0.1) is 6.58 Å². The van der Waals surface area contributed by atoms with Crippen LogP contribution >= 0.6 is 0 Å². The van der Waals surface area contributed by atoms with E-state index in [1.54, 1.807) is 13.2 Å². The highest BCUT2D eigenvalue weighted by Crippen LogP contribution is 2.37. The van der Waals surface area contributed by atoms with E-state index in [9.17, 15) is 5.11 Å². The molecule has 0 aliphatic heterocycles. The van der Waals surface area contributed by atoms with Crippen LogP contribution in [0.3, 0.4) is 0 Å². The van der Waals surface area contributed by atoms with Crippen molar-refractivity contribution in [2.24, 2.45) is 5.92 Å². The van der Waals surface area contributed by atoms with Crippen LogP contribution < -0.4 is 15.1 Å². The summed E-state index contributed by atoms with van der Waals surface area (Å²) in [4.78, 5) is 0. The van der Waals surface area contributed by atoms with Crippen molar-refractivity contribution in [3.8, 4) is 17.6 Å². The average Bonchev–Trinajstić information content (AvgIpc) is 2.85. The fourth-order valence-electron chi connectivity index (χ4n) is 4.23. The molecule has 3 nitrogen and oxygen atoms in total. The van der Waals surface area contributed by atoms with Gasteiger partial charge < -0.3 is 14.3 Å². The molecule has 3 aromatic carbocycles. The van der Waals surface area contributed by atoms with Gasteiger partial charge in [-0.1, -0.05) is 99.4 Å². The van der Waals surface area contributed by atoms with Gasteiger partial charge in [0.15, 0.2) is 0 Å². The molecular weight excluding hydrogens is 436 g/mol. The Labute approximate surface area is 205 Å². The summed E-state index contributed by atoms with van der Waals surface area (Å²) in [5, 5.41) is 13.3. The number of hydrogen-bond acceptors (Lipinski definition) is 3. The lowest BCUT2D eigenvalue weighted by molar-refractivity contribution is 0.0856. The van der Waals surface area contributed by atoms with Gasteiger partial charge in [0.1, 0.15) is 5.75 Å². The number of ether oxygens (including phenoxy) is 1. The van der Waals surface area contributed by atoms with E-state index in [-0.39, 0.29) is 11.6 Å². The number of hydrogen-bond donors (Lipinski definition) is 1. The van der Waals surface area contributed by atoms with Gasteiger partial charge in [-0.05, 0) is 39.7 Å². The van der Waals surface area contributed by atoms with Gasteiger partial charge in [-0.25, -0.2) is 0 Å². The predicted octanol–water partition coefficient (Wildman–Crippen LogP) is 4.79. The number of aliphatic hydroxyl groups excluding tert-OH is 1. The van der Waals surface area contributed by atoms with Gasteiger partial charge >= 0.3 is 0 Å². The lowest BCUT2D eigenvalue weighted by atomic mass is 10.0. The van der Waals surface area contributed by atoms with Crippen molar-refractivity contribution in [2.45, 2.75) is 31.9 Å². The summed E-state index contributed by atoms with van der Waals surface area (Å²) in [6, 6.07) is 28.4. The molecule has 2 atom stereocenters. The molecule has 0 spiro atoms. The summed E-state index contributed by atoms with van der Waals surface area (Å²) in [7, 11) is -1.09. The first-order chi connectivity index (χ1) is 16.3. The monoisotopic (exact) mass is 470 g/mol. The fourth-order valence-corrected chi connectivity index (χ4v) is 8.81. The summed E-state index contributed by atoms with van der Waals surface area (Å²) >= 11 is 0. The molecule has 4 heteroatoms. The van der Waals surface area contributed by atoms with Crippen molar-refractivity contribution >= 4 is 18.7 Å². The number of methoxy groups -OCH3 is 1. The highest BCUT2D eigenvalue weighted by Gasteiger charge is 2.50. The molecule has 0 radical (unpaired) electrons. The van der Waals surface area contributed by atoms with E-state index < -0.39 is 20.3 Å². The van der Waals surface area contributed by atoms with Crippen LogP contribution in [0.15, 0.2) is 97.6 Å². The van der Waals surface area contributed by atoms with E-state index in [0.29, 0.717) is 0 Å². The molecule has 0 bridgehead atoms. The Morgan fingerprint density at radius 1 is 0.912 bits per heavy atom. The SMILES string of the molecule is C=C[C@@H](C#Cc1ccc(OC)cc1)[C@@H](O)CO[Si](c1ccccc1)(c1ccccc1)C(C)(C)C. The van der Waals surface area contributed by atoms with Crippen LogP contribution in [0.5, 0.6) is 5.75 Å². The van der Waals surface area contributed by atoms with Gasteiger partial charge in [0, 0.05) is 5.56 Å². The zero-order valence-electron chi connectivity index (χ0n) is 20.5. The van der Waals surface area contributed by atoms with Crippen molar-refractivity contribution in [1.82, 2.24) is 0 Å². The summed E-state index contributed by atoms with van der Waals surface area (Å²) in [6.07, 6.45) is 0.889. The Balaban J connectivity index is 1.90. The first-order valence-corrected chi connectivity index (χ1v) is 13.4. The summed E-state index contributed by atoms with van der Waals surface area (Å²) in [5.41, 5.74) is 0.854. The van der Waals surface area contributed by atoms with Crippen molar-refractivity contribution in [2.75, 3.05) is 13.7 Å². The van der Waals surface area contributed by atoms with Gasteiger partial charge in [-0.2, -0.15) is 0 Å². The second kappa shape index (κ2) is 11.4. The Morgan fingerprint density at radius 3 is 1.88 bits per heavy atom. The molecule has 3 rings (SSSR count). The second-order valence-electron chi connectivity index (χ2n) is 9.30. The number of aliphatic hydroxyl groups is 1. The topological polar surface area (TPSA) is 38.7 Å². The molecule has 176 valence electrons. The molecule has 0 aliphatic carbocycles. The van der Waals surface area contributed by atoms with E-state index in [4.69, 9.17) is 9.16 Å². The minimum atomic E-state index is -2.72. The third kappa shape index (κ3) is 5.68. The van der Waals surface area contributed by atoms with Gasteiger partial charge in [0.25, 0.3) is 8.32 Å². The lowest BCUT2D eigenvalue weighted by Crippen LogP contribution is -2.67. The number of benzene rings is 3. The van der Waals surface area contributed by atoms with Crippen molar-refractivity contribution in [1.29, 1.82) is 0 Å². The molecular formula is C30H34O3Si. The molecule has 1 N–H and O–H groups in total. The zero-order valence-corrected chi connectivity index (χ0v) is 21.5. The van der Waals surface area contributed by atoms with Crippen LogP contribution in [0.4, 0.5) is 0 Å². The average molecular weight is 471 g/mol. The Kier molecular flexibility index (Phi) is 8.52. The summed E-state index contributed by atoms with van der Waals surface area (Å²) in [5.74, 6) is 6.66. The minimum Gasteiger partial charge on any atom is -0.497 e. The molecule has 0 amide bonds. The third-order valence-corrected chi connectivity index (χ3v) is 11.0. The molecule has 0 aliphatic rings. The maximum absolute atomic E-state index is 11.1. The molecule has 0 unspecified atom stereocenters. The van der Waals surface area contributed by atoms with E-state index in [2.05, 4.69) is 87.7 Å². The fraction of sp³-hybridized carbons (Fsp3) is 0.267. The third-order valence-electron chi connectivity index (χ3n) is 6.03. The maximum atomic E-state index is 11.1. The standard InChI is InChI=1S/C30H34O3Si/c1-6-25(20-17-24-18-21-26(32-5)22-19-24)29(31)23-33-34(30(2,3)4,27-13-9-7-10-14-27)28-15-11-8-12-16-28/h6-16,18-19,21-22,25,29,31H,1,23H2,2-5H3/t25-,29-/m0/s1. The number of rotatable bonds is 8. The van der Waals surface area contributed by atoms with Crippen LogP contribution in [0, 0.1) is 17.8 Å². The highest BCUT2D eigenvalue weighted by molar-refractivity contribution is 6.99. The molecule has 34 heavy (non-hydrogen) atoms. The second-order valence-corrected chi connectivity index (χ2v) is 13.6. The van der Waals surface area contributed by atoms with Crippen LogP contribution in [-0.4, -0.2) is 33.2 Å². The normalized spacial score (nSPS) is 13.3. The van der Waals surface area contributed by atoms with Crippen LogP contribution in [0.2, 0.25) is 5.04 Å². The van der Waals surface area contributed by atoms with Crippen LogP contribution in [0.25, 0.3) is 0 Å². The smallest absolute Gasteiger partial charge is 0.261 e. The Hall–Kier alpha value is -3.10. The minimum absolute atomic E-state index is 0.159. The zero-order chi connectivity index (χ0) is 24.6. The Morgan fingerprint density at radius 2 is 1.44 bits per heavy atom. The first-order valence-electron chi connectivity index (χ1n) is 11.5. The molecule has 0 fully saturated rings. The molecule has 0 saturated heterocycles. The van der Waals surface area contributed by atoms with Crippen molar-refractivity contribution in [3.05, 3.63) is 103 Å². The van der Waals surface area contributed by atoms with Crippen molar-refractivity contribution in [3.63, 3.8) is 0 Å². The van der Waals surface area contributed by atoms with E-state index in [1.165, 1.54) is 10.4 Å². The molecule has 0 heterocycles. The van der Waals surface area contributed by atoms with E-state index in [1.807, 2.05) is 36.4 Å². The quantitative estimate of drug-likeness (QED) is 0.292. The molecule has 0 aromatic heterocycles. The molecule has 0 saturated carbocycles. The van der Waals surface area contributed by atoms with Crippen molar-refractivity contribution < 1.29 is 14.3 Å². The van der Waals surface area contributed by atoms with Gasteiger partial charge in [-0.3, -0.25) is 0 Å². The maximum Gasteiger partial charge on any atom is 0.261 e. The highest BCUT2D eigenvalue weighted by atomic mass is 28.4. The lowest BCUT2D eigenvalue weighted by Gasteiger charge is -2.43. The van der Waals surface area contributed by atoms with Crippen LogP contribution in [-0.2, 0) is 4.43 Å². The largest absolute Gasteiger partial charge is 0.497 e. The van der Waals surface area contributed by atoms with Gasteiger partial charge in [0.2, 0.25) is 0 Å².